The number of hydrogen-bond donors (Lipinski definition) is 0. The number of aryl methyl sites for hydroxylation is 1. The molecule has 0 atom stereocenters. The van der Waals surface area contributed by atoms with Crippen molar-refractivity contribution < 1.29 is 30.0 Å². The van der Waals surface area contributed by atoms with Gasteiger partial charge in [-0.3, -0.25) is 4.79 Å². The molecule has 0 saturated carbocycles. The van der Waals surface area contributed by atoms with E-state index in [9.17, 15) is 4.79 Å². The summed E-state index contributed by atoms with van der Waals surface area (Å²) in [6, 6.07) is 16.9. The Labute approximate surface area is 450 Å². The summed E-state index contributed by atoms with van der Waals surface area (Å²) in [5, 5.41) is 0. The third kappa shape index (κ3) is 44.4. The number of rotatable bonds is 44. The van der Waals surface area contributed by atoms with Gasteiger partial charge in [0.15, 0.2) is 5.78 Å². The molecule has 0 unspecified atom stereocenters. The van der Waals surface area contributed by atoms with Crippen molar-refractivity contribution in [2.24, 2.45) is 0 Å². The molecule has 0 spiro atoms. The standard InChI is InChI=1S/C54H86N2O.2C6H13.Pd/c1-4-6-8-10-12-14-15-16-17-18-19-20-21-22-23-24-25-26-27-29-30-32-34-37-49-38-36-39-52(46-49)53(45-48(3)47-56-55)50-41-43-51(44-42-50)54(57)40-35-33-31-28-13-11-9-7-5-2;2*1-3-5-6-4-2;/h36,38-39,41-46H,4-35,37,40H2,1-3H3;2*1,3-6H2,2H3;/q;2*-1;+2. The second-order valence-electron chi connectivity index (χ2n) is 20.4. The van der Waals surface area contributed by atoms with Gasteiger partial charge in [-0.2, -0.15) is 12.8 Å². The van der Waals surface area contributed by atoms with Crippen molar-refractivity contribution in [1.29, 1.82) is 0 Å². The molecule has 0 aromatic heterocycles. The molecule has 2 aromatic carbocycles. The van der Waals surface area contributed by atoms with E-state index < -0.39 is 0 Å². The van der Waals surface area contributed by atoms with Gasteiger partial charge in [0.1, 0.15) is 0 Å². The van der Waals surface area contributed by atoms with Crippen LogP contribution in [0.4, 0.5) is 0 Å². The van der Waals surface area contributed by atoms with Crippen molar-refractivity contribution in [2.45, 2.75) is 304 Å². The van der Waals surface area contributed by atoms with Crippen LogP contribution in [-0.2, 0) is 26.8 Å². The number of hydrogen-bond acceptors (Lipinski definition) is 1. The Kier molecular flexibility index (Phi) is 55.8. The van der Waals surface area contributed by atoms with Crippen molar-refractivity contribution in [3.63, 3.8) is 0 Å². The van der Waals surface area contributed by atoms with Crippen LogP contribution in [0.2, 0.25) is 0 Å². The minimum atomic E-state index is 0. The van der Waals surface area contributed by atoms with Crippen LogP contribution in [0.15, 0.2) is 60.2 Å². The van der Waals surface area contributed by atoms with E-state index >= 15 is 0 Å². The molecule has 0 aliphatic heterocycles. The van der Waals surface area contributed by atoms with Crippen LogP contribution in [-0.4, -0.2) is 16.4 Å². The van der Waals surface area contributed by atoms with Gasteiger partial charge < -0.3 is 19.4 Å². The molecule has 0 aliphatic carbocycles. The van der Waals surface area contributed by atoms with Crippen LogP contribution in [0, 0.1) is 13.8 Å². The SMILES string of the molecule is CCCCCCCCCCCCCCCCCCCCCCCCCc1cccc(C(=CC(C)=C=[N+]=[N-])c2ccc(C(=O)CCCCCCCCCCC)cc2)c1.[CH2-]CCCCC.[CH2-]CCCCC.[Pd+2]. The predicted octanol–water partition coefficient (Wildman–Crippen LogP) is 22.4. The maximum absolute atomic E-state index is 13.0. The molecule has 0 N–H and O–H groups in total. The molecule has 0 amide bonds. The first-order valence-electron chi connectivity index (χ1n) is 29.9. The van der Waals surface area contributed by atoms with E-state index in [-0.39, 0.29) is 26.2 Å². The summed E-state index contributed by atoms with van der Waals surface area (Å²) in [6.45, 7) is 18.3. The third-order valence-electron chi connectivity index (χ3n) is 13.6. The summed E-state index contributed by atoms with van der Waals surface area (Å²) < 4.78 is 0. The van der Waals surface area contributed by atoms with E-state index in [2.05, 4.69) is 88.6 Å². The van der Waals surface area contributed by atoms with Gasteiger partial charge in [0.25, 0.3) is 0 Å². The number of ketones is 1. The number of nitrogens with zero attached hydrogens (tertiary/aromatic N) is 2. The number of benzene rings is 2. The van der Waals surface area contributed by atoms with Gasteiger partial charge in [-0.1, -0.05) is 307 Å². The second-order valence-corrected chi connectivity index (χ2v) is 20.4. The van der Waals surface area contributed by atoms with Crippen molar-refractivity contribution in [2.75, 3.05) is 0 Å². The largest absolute Gasteiger partial charge is 2.00 e. The van der Waals surface area contributed by atoms with E-state index in [0.29, 0.717) is 6.42 Å². The number of allylic oxidation sites excluding steroid dienone is 2. The molecule has 0 saturated heterocycles. The molecule has 2 rings (SSSR count). The molecule has 0 fully saturated rings. The van der Waals surface area contributed by atoms with Crippen molar-refractivity contribution in [3.8, 4) is 0 Å². The number of carbonyl (C=O) groups excluding carboxylic acids is 1. The van der Waals surface area contributed by atoms with Crippen molar-refractivity contribution in [3.05, 3.63) is 102 Å². The Bertz CT molecular complexity index is 1520. The summed E-state index contributed by atoms with van der Waals surface area (Å²) in [4.78, 5) is 16.1. The summed E-state index contributed by atoms with van der Waals surface area (Å²) in [5.41, 5.74) is 15.2. The summed E-state index contributed by atoms with van der Waals surface area (Å²) >= 11 is 0. The van der Waals surface area contributed by atoms with Crippen LogP contribution in [0.5, 0.6) is 0 Å². The number of unbranched alkanes of at least 4 members (excludes halogenated alkanes) is 36. The summed E-state index contributed by atoms with van der Waals surface area (Å²) in [6.07, 6.45) is 57.7. The smallest absolute Gasteiger partial charge is 0.348 e. The molecule has 70 heavy (non-hydrogen) atoms. The van der Waals surface area contributed by atoms with Crippen LogP contribution in [0.1, 0.15) is 325 Å². The van der Waals surface area contributed by atoms with E-state index in [1.54, 1.807) is 0 Å². The normalized spacial score (nSPS) is 10.9. The molecule has 3 nitrogen and oxygen atoms in total. The number of Topliss-reactive ketones (excluding diaryl/α,β-unsaturated/α-hetero) is 1. The van der Waals surface area contributed by atoms with Gasteiger partial charge in [-0.05, 0) is 54.5 Å². The first-order valence-corrected chi connectivity index (χ1v) is 29.9. The fourth-order valence-corrected chi connectivity index (χ4v) is 9.10. The second kappa shape index (κ2) is 56.0. The number of carbonyl (C=O) groups is 1. The molecular weight excluding hydrogens is 943 g/mol. The topological polar surface area (TPSA) is 53.5 Å². The Morgan fingerprint density at radius 1 is 0.471 bits per heavy atom. The Balaban J connectivity index is 0. The minimum Gasteiger partial charge on any atom is -0.348 e. The van der Waals surface area contributed by atoms with Crippen LogP contribution < -0.4 is 0 Å². The zero-order valence-electron chi connectivity index (χ0n) is 46.9. The maximum atomic E-state index is 13.0. The zero-order chi connectivity index (χ0) is 50.5. The Morgan fingerprint density at radius 3 is 1.17 bits per heavy atom. The summed E-state index contributed by atoms with van der Waals surface area (Å²) in [5.74, 6) is 2.90. The average molecular weight is 1060 g/mol. The molecule has 0 radical (unpaired) electrons. The Hall–Kier alpha value is -2.33. The van der Waals surface area contributed by atoms with Gasteiger partial charge >= 0.3 is 26.3 Å². The van der Waals surface area contributed by atoms with E-state index in [1.165, 1.54) is 237 Å². The van der Waals surface area contributed by atoms with E-state index in [4.69, 9.17) is 5.53 Å². The van der Waals surface area contributed by atoms with E-state index in [1.807, 2.05) is 25.1 Å². The fraction of sp³-hybridized carbons (Fsp3) is 0.712. The molecule has 0 bridgehead atoms. The van der Waals surface area contributed by atoms with Crippen molar-refractivity contribution in [1.82, 2.24) is 0 Å². The Morgan fingerprint density at radius 2 is 0.814 bits per heavy atom. The van der Waals surface area contributed by atoms with Gasteiger partial charge in [-0.15, -0.1) is 4.79 Å². The van der Waals surface area contributed by atoms with Gasteiger partial charge in [0.2, 0.25) is 0 Å². The average Bonchev–Trinajstić information content (AvgIpc) is 3.37. The first-order chi connectivity index (χ1) is 33.9. The van der Waals surface area contributed by atoms with E-state index in [0.717, 1.165) is 59.9 Å². The zero-order valence-corrected chi connectivity index (χ0v) is 48.5. The third-order valence-corrected chi connectivity index (χ3v) is 13.6. The first kappa shape index (κ1) is 69.7. The van der Waals surface area contributed by atoms with Gasteiger partial charge in [0.05, 0.1) is 5.57 Å². The van der Waals surface area contributed by atoms with Crippen LogP contribution in [0.3, 0.4) is 0 Å². The quantitative estimate of drug-likeness (QED) is 0.00954. The predicted molar refractivity (Wildman–Crippen MR) is 309 cm³/mol. The monoisotopic (exact) mass is 1050 g/mol. The van der Waals surface area contributed by atoms with Crippen molar-refractivity contribution >= 4 is 17.2 Å². The molecule has 0 aliphatic rings. The maximum Gasteiger partial charge on any atom is 2.00 e. The minimum absolute atomic E-state index is 0. The van der Waals surface area contributed by atoms with Gasteiger partial charge in [-0.25, -0.2) is 0 Å². The molecule has 2 aromatic rings. The molecular formula is C66H112N2OPd. The summed E-state index contributed by atoms with van der Waals surface area (Å²) in [7, 11) is 0. The fourth-order valence-electron chi connectivity index (χ4n) is 9.10. The molecule has 402 valence electrons. The van der Waals surface area contributed by atoms with Gasteiger partial charge in [0, 0.05) is 12.0 Å². The molecule has 0 heterocycles. The van der Waals surface area contributed by atoms with Crippen LogP contribution >= 0.6 is 0 Å². The molecule has 4 heteroatoms. The van der Waals surface area contributed by atoms with Crippen LogP contribution in [0.25, 0.3) is 11.1 Å².